The van der Waals surface area contributed by atoms with Gasteiger partial charge < -0.3 is 9.73 Å². The van der Waals surface area contributed by atoms with Crippen molar-refractivity contribution in [3.63, 3.8) is 0 Å². The Morgan fingerprint density at radius 1 is 1.40 bits per heavy atom. The highest BCUT2D eigenvalue weighted by molar-refractivity contribution is 5.06. The molecule has 0 aromatic carbocycles. The molecular formula is C16H23N3O. The van der Waals surface area contributed by atoms with Crippen molar-refractivity contribution in [1.29, 1.82) is 5.26 Å². The van der Waals surface area contributed by atoms with Crippen LogP contribution >= 0.6 is 0 Å². The lowest BCUT2D eigenvalue weighted by molar-refractivity contribution is 0.204. The minimum atomic E-state index is 0.251. The monoisotopic (exact) mass is 273 g/mol. The molecule has 1 aromatic heterocycles. The number of nitrogens with zero attached hydrogens (tertiary/aromatic N) is 2. The van der Waals surface area contributed by atoms with Gasteiger partial charge in [-0.3, -0.25) is 4.90 Å². The van der Waals surface area contributed by atoms with Crippen LogP contribution in [0.4, 0.5) is 0 Å². The first-order chi connectivity index (χ1) is 9.86. The zero-order chi connectivity index (χ0) is 13.8. The van der Waals surface area contributed by atoms with Crippen molar-refractivity contribution in [1.82, 2.24) is 10.2 Å². The summed E-state index contributed by atoms with van der Waals surface area (Å²) in [5, 5.41) is 12.6. The summed E-state index contributed by atoms with van der Waals surface area (Å²) in [5.74, 6) is 1.32. The Morgan fingerprint density at radius 3 is 2.90 bits per heavy atom. The highest BCUT2D eigenvalue weighted by Crippen LogP contribution is 2.28. The molecular weight excluding hydrogens is 250 g/mol. The lowest BCUT2D eigenvalue weighted by Gasteiger charge is -2.27. The summed E-state index contributed by atoms with van der Waals surface area (Å²) in [5.41, 5.74) is 0. The quantitative estimate of drug-likeness (QED) is 0.896. The second-order valence-electron chi connectivity index (χ2n) is 6.02. The van der Waals surface area contributed by atoms with Gasteiger partial charge in [0.25, 0.3) is 0 Å². The van der Waals surface area contributed by atoms with Crippen LogP contribution in [0.25, 0.3) is 0 Å². The van der Waals surface area contributed by atoms with Gasteiger partial charge in [-0.15, -0.1) is 0 Å². The van der Waals surface area contributed by atoms with Crippen LogP contribution in [0.1, 0.15) is 43.9 Å². The van der Waals surface area contributed by atoms with Crippen molar-refractivity contribution in [2.75, 3.05) is 19.6 Å². The molecule has 1 aromatic rings. The minimum absolute atomic E-state index is 0.251. The van der Waals surface area contributed by atoms with Crippen molar-refractivity contribution in [2.45, 2.75) is 44.2 Å². The van der Waals surface area contributed by atoms with Crippen LogP contribution in [0.2, 0.25) is 0 Å². The van der Waals surface area contributed by atoms with Gasteiger partial charge in [0.1, 0.15) is 5.76 Å². The smallest absolute Gasteiger partial charge is 0.122 e. The molecule has 0 bridgehead atoms. The topological polar surface area (TPSA) is 52.2 Å². The maximum absolute atomic E-state index is 8.98. The number of rotatable bonds is 5. The predicted molar refractivity (Wildman–Crippen MR) is 77.0 cm³/mol. The molecule has 1 aliphatic carbocycles. The number of hydrogen-bond acceptors (Lipinski definition) is 4. The van der Waals surface area contributed by atoms with Crippen LogP contribution in [-0.4, -0.2) is 30.6 Å². The number of nitriles is 1. The largest absolute Gasteiger partial charge is 0.468 e. The minimum Gasteiger partial charge on any atom is -0.468 e. The van der Waals surface area contributed by atoms with Gasteiger partial charge in [-0.05, 0) is 57.3 Å². The number of likely N-dealkylation sites (tertiary alicyclic amines) is 1. The molecule has 4 heteroatoms. The Kier molecular flexibility index (Phi) is 4.39. The molecule has 1 saturated carbocycles. The Bertz CT molecular complexity index is 445. The van der Waals surface area contributed by atoms with Crippen molar-refractivity contribution in [3.05, 3.63) is 24.2 Å². The van der Waals surface area contributed by atoms with E-state index >= 15 is 0 Å². The summed E-state index contributed by atoms with van der Waals surface area (Å²) in [7, 11) is 0. The van der Waals surface area contributed by atoms with Gasteiger partial charge in [-0.2, -0.15) is 5.26 Å². The zero-order valence-corrected chi connectivity index (χ0v) is 11.9. The van der Waals surface area contributed by atoms with Gasteiger partial charge in [-0.25, -0.2) is 0 Å². The molecule has 108 valence electrons. The molecule has 0 radical (unpaired) electrons. The standard InChI is InChI=1S/C16H23N3O/c17-11-13-5-6-14(10-13)18-12-15(16-4-3-9-20-16)19-7-1-2-8-19/h3-4,9,13-15,18H,1-2,5-8,10,12H2. The van der Waals surface area contributed by atoms with Gasteiger partial charge in [-0.1, -0.05) is 0 Å². The molecule has 2 aliphatic rings. The molecule has 1 aliphatic heterocycles. The predicted octanol–water partition coefficient (Wildman–Crippen LogP) is 2.70. The van der Waals surface area contributed by atoms with Gasteiger partial charge in [0.2, 0.25) is 0 Å². The Hall–Kier alpha value is -1.31. The first kappa shape index (κ1) is 13.7. The second-order valence-corrected chi connectivity index (χ2v) is 6.02. The van der Waals surface area contributed by atoms with Gasteiger partial charge in [0.05, 0.1) is 18.4 Å². The number of nitrogens with one attached hydrogen (secondary N) is 1. The lowest BCUT2D eigenvalue weighted by atomic mass is 10.1. The van der Waals surface area contributed by atoms with Gasteiger partial charge >= 0.3 is 0 Å². The summed E-state index contributed by atoms with van der Waals surface area (Å²) >= 11 is 0. The van der Waals surface area contributed by atoms with Crippen LogP contribution < -0.4 is 5.32 Å². The third-order valence-electron chi connectivity index (χ3n) is 4.67. The van der Waals surface area contributed by atoms with Gasteiger partial charge in [0.15, 0.2) is 0 Å². The fourth-order valence-corrected chi connectivity index (χ4v) is 3.51. The van der Waals surface area contributed by atoms with E-state index in [9.17, 15) is 0 Å². The zero-order valence-electron chi connectivity index (χ0n) is 11.9. The van der Waals surface area contributed by atoms with Crippen LogP contribution in [0.3, 0.4) is 0 Å². The average Bonchev–Trinajstić information content (AvgIpc) is 3.22. The highest BCUT2D eigenvalue weighted by atomic mass is 16.3. The van der Waals surface area contributed by atoms with Crippen LogP contribution in [0.15, 0.2) is 22.8 Å². The van der Waals surface area contributed by atoms with E-state index in [-0.39, 0.29) is 5.92 Å². The van der Waals surface area contributed by atoms with E-state index < -0.39 is 0 Å². The van der Waals surface area contributed by atoms with E-state index in [1.54, 1.807) is 6.26 Å². The fourth-order valence-electron chi connectivity index (χ4n) is 3.51. The lowest BCUT2D eigenvalue weighted by Crippen LogP contribution is -2.37. The maximum Gasteiger partial charge on any atom is 0.122 e. The molecule has 2 fully saturated rings. The fraction of sp³-hybridized carbons (Fsp3) is 0.688. The van der Waals surface area contributed by atoms with Crippen LogP contribution in [-0.2, 0) is 0 Å². The molecule has 3 unspecified atom stereocenters. The van der Waals surface area contributed by atoms with E-state index in [1.165, 1.54) is 25.9 Å². The third kappa shape index (κ3) is 3.05. The average molecular weight is 273 g/mol. The molecule has 3 atom stereocenters. The molecule has 0 amide bonds. The van der Waals surface area contributed by atoms with Crippen molar-refractivity contribution < 1.29 is 4.42 Å². The van der Waals surface area contributed by atoms with Crippen LogP contribution in [0, 0.1) is 17.2 Å². The van der Waals surface area contributed by atoms with E-state index in [4.69, 9.17) is 9.68 Å². The normalized spacial score (nSPS) is 28.6. The summed E-state index contributed by atoms with van der Waals surface area (Å²) in [6.45, 7) is 3.26. The third-order valence-corrected chi connectivity index (χ3v) is 4.67. The molecule has 1 N–H and O–H groups in total. The molecule has 3 rings (SSSR count). The summed E-state index contributed by atoms with van der Waals surface area (Å²) in [6.07, 6.45) is 7.52. The second kappa shape index (κ2) is 6.43. The first-order valence-corrected chi connectivity index (χ1v) is 7.77. The highest BCUT2D eigenvalue weighted by Gasteiger charge is 2.28. The first-order valence-electron chi connectivity index (χ1n) is 7.77. The number of furan rings is 1. The van der Waals surface area contributed by atoms with Gasteiger partial charge in [0, 0.05) is 18.5 Å². The molecule has 20 heavy (non-hydrogen) atoms. The summed E-state index contributed by atoms with van der Waals surface area (Å²) in [6, 6.07) is 7.29. The number of hydrogen-bond donors (Lipinski definition) is 1. The van der Waals surface area contributed by atoms with E-state index in [0.29, 0.717) is 12.1 Å². The van der Waals surface area contributed by atoms with Crippen molar-refractivity contribution in [3.8, 4) is 6.07 Å². The summed E-state index contributed by atoms with van der Waals surface area (Å²) in [4.78, 5) is 2.52. The van der Waals surface area contributed by atoms with Crippen molar-refractivity contribution >= 4 is 0 Å². The maximum atomic E-state index is 8.98. The van der Waals surface area contributed by atoms with Crippen LogP contribution in [0.5, 0.6) is 0 Å². The molecule has 4 nitrogen and oxygen atoms in total. The van der Waals surface area contributed by atoms with E-state index in [2.05, 4.69) is 22.4 Å². The molecule has 2 heterocycles. The van der Waals surface area contributed by atoms with E-state index in [0.717, 1.165) is 31.6 Å². The Labute approximate surface area is 120 Å². The Morgan fingerprint density at radius 2 is 2.25 bits per heavy atom. The molecule has 0 spiro atoms. The Balaban J connectivity index is 1.58. The van der Waals surface area contributed by atoms with E-state index in [1.807, 2.05) is 6.07 Å². The molecule has 1 saturated heterocycles. The van der Waals surface area contributed by atoms with Crippen molar-refractivity contribution in [2.24, 2.45) is 5.92 Å². The SMILES string of the molecule is N#CC1CCC(NCC(c2ccco2)N2CCCC2)C1. The summed E-state index contributed by atoms with van der Waals surface area (Å²) < 4.78 is 5.63.